The fourth-order valence-electron chi connectivity index (χ4n) is 2.29. The quantitative estimate of drug-likeness (QED) is 0.661. The van der Waals surface area contributed by atoms with E-state index in [1.165, 1.54) is 11.3 Å². The van der Waals surface area contributed by atoms with Crippen molar-refractivity contribution in [1.82, 2.24) is 4.98 Å². The molecule has 130 valence electrons. The standard InChI is InChI=1S/C18H17ClN2O3S/c1-3-23-15-7-5-12(19)8-14(15)21-17(22)9-13-10-25-18(20-13)16-6-4-11(2)24-16/h4-8,10H,3,9H2,1-2H3,(H,21,22). The Bertz CT molecular complexity index is 888. The molecule has 1 N–H and O–H groups in total. The number of furan rings is 1. The molecule has 25 heavy (non-hydrogen) atoms. The summed E-state index contributed by atoms with van der Waals surface area (Å²) < 4.78 is 11.1. The van der Waals surface area contributed by atoms with Gasteiger partial charge in [0.2, 0.25) is 5.91 Å². The summed E-state index contributed by atoms with van der Waals surface area (Å²) in [6.45, 7) is 4.27. The summed E-state index contributed by atoms with van der Waals surface area (Å²) in [5.74, 6) is 1.94. The third kappa shape index (κ3) is 4.41. The molecule has 5 nitrogen and oxygen atoms in total. The Balaban J connectivity index is 1.69. The molecule has 0 aliphatic heterocycles. The lowest BCUT2D eigenvalue weighted by Gasteiger charge is -2.11. The summed E-state index contributed by atoms with van der Waals surface area (Å²) in [5.41, 5.74) is 1.24. The largest absolute Gasteiger partial charge is 0.492 e. The van der Waals surface area contributed by atoms with Crippen molar-refractivity contribution in [3.8, 4) is 16.5 Å². The lowest BCUT2D eigenvalue weighted by atomic mass is 10.2. The van der Waals surface area contributed by atoms with E-state index in [9.17, 15) is 4.79 Å². The minimum absolute atomic E-state index is 0.161. The van der Waals surface area contributed by atoms with Crippen LogP contribution in [0.5, 0.6) is 5.75 Å². The number of carbonyl (C=O) groups is 1. The van der Waals surface area contributed by atoms with Crippen LogP contribution in [0.4, 0.5) is 5.69 Å². The lowest BCUT2D eigenvalue weighted by molar-refractivity contribution is -0.115. The van der Waals surface area contributed by atoms with Crippen LogP contribution in [0.25, 0.3) is 10.8 Å². The fourth-order valence-corrected chi connectivity index (χ4v) is 3.24. The van der Waals surface area contributed by atoms with Gasteiger partial charge in [-0.2, -0.15) is 0 Å². The third-order valence-corrected chi connectivity index (χ3v) is 4.50. The zero-order chi connectivity index (χ0) is 17.8. The number of amides is 1. The van der Waals surface area contributed by atoms with Gasteiger partial charge in [-0.15, -0.1) is 11.3 Å². The van der Waals surface area contributed by atoms with Gasteiger partial charge in [-0.25, -0.2) is 4.98 Å². The van der Waals surface area contributed by atoms with E-state index in [2.05, 4.69) is 10.3 Å². The first kappa shape index (κ1) is 17.5. The highest BCUT2D eigenvalue weighted by Crippen LogP contribution is 2.29. The number of nitrogens with zero attached hydrogens (tertiary/aromatic N) is 1. The first-order chi connectivity index (χ1) is 12.0. The molecule has 3 rings (SSSR count). The predicted molar refractivity (Wildman–Crippen MR) is 99.5 cm³/mol. The number of benzene rings is 1. The number of aryl methyl sites for hydroxylation is 1. The van der Waals surface area contributed by atoms with Crippen LogP contribution in [-0.4, -0.2) is 17.5 Å². The zero-order valence-electron chi connectivity index (χ0n) is 13.8. The number of rotatable bonds is 6. The van der Waals surface area contributed by atoms with E-state index in [0.717, 1.165) is 10.8 Å². The Morgan fingerprint density at radius 3 is 2.92 bits per heavy atom. The van der Waals surface area contributed by atoms with Crippen LogP contribution < -0.4 is 10.1 Å². The molecule has 0 bridgehead atoms. The van der Waals surface area contributed by atoms with Gasteiger partial charge >= 0.3 is 0 Å². The van der Waals surface area contributed by atoms with E-state index in [0.29, 0.717) is 34.5 Å². The summed E-state index contributed by atoms with van der Waals surface area (Å²) in [6, 6.07) is 8.89. The molecule has 7 heteroatoms. The van der Waals surface area contributed by atoms with Crippen molar-refractivity contribution in [3.05, 3.63) is 52.2 Å². The summed E-state index contributed by atoms with van der Waals surface area (Å²) in [6.07, 6.45) is 0.161. The van der Waals surface area contributed by atoms with Crippen molar-refractivity contribution in [3.63, 3.8) is 0 Å². The van der Waals surface area contributed by atoms with Gasteiger partial charge < -0.3 is 14.5 Å². The van der Waals surface area contributed by atoms with Crippen LogP contribution in [0.15, 0.2) is 40.1 Å². The SMILES string of the molecule is CCOc1ccc(Cl)cc1NC(=O)Cc1csc(-c2ccc(C)o2)n1. The van der Waals surface area contributed by atoms with Gasteiger partial charge in [0.05, 0.1) is 24.4 Å². The maximum Gasteiger partial charge on any atom is 0.230 e. The first-order valence-electron chi connectivity index (χ1n) is 7.78. The van der Waals surface area contributed by atoms with Crippen molar-refractivity contribution in [2.75, 3.05) is 11.9 Å². The second kappa shape index (κ2) is 7.72. The van der Waals surface area contributed by atoms with Crippen molar-refractivity contribution < 1.29 is 13.9 Å². The van der Waals surface area contributed by atoms with Gasteiger partial charge in [-0.05, 0) is 44.2 Å². The summed E-state index contributed by atoms with van der Waals surface area (Å²) in [5, 5.41) is 5.97. The highest BCUT2D eigenvalue weighted by molar-refractivity contribution is 7.13. The number of nitrogens with one attached hydrogen (secondary N) is 1. The predicted octanol–water partition coefficient (Wildman–Crippen LogP) is 4.94. The topological polar surface area (TPSA) is 64.4 Å². The van der Waals surface area contributed by atoms with E-state index in [1.54, 1.807) is 18.2 Å². The molecule has 0 atom stereocenters. The lowest BCUT2D eigenvalue weighted by Crippen LogP contribution is -2.15. The van der Waals surface area contributed by atoms with Crippen molar-refractivity contribution >= 4 is 34.5 Å². The Labute approximate surface area is 154 Å². The number of hydrogen-bond acceptors (Lipinski definition) is 5. The molecule has 0 radical (unpaired) electrons. The van der Waals surface area contributed by atoms with Crippen LogP contribution in [0, 0.1) is 6.92 Å². The van der Waals surface area contributed by atoms with Crippen LogP contribution >= 0.6 is 22.9 Å². The van der Waals surface area contributed by atoms with E-state index < -0.39 is 0 Å². The number of thiazole rings is 1. The molecule has 3 aromatic rings. The number of aromatic nitrogens is 1. The van der Waals surface area contributed by atoms with E-state index >= 15 is 0 Å². The smallest absolute Gasteiger partial charge is 0.230 e. The summed E-state index contributed by atoms with van der Waals surface area (Å²) >= 11 is 7.45. The van der Waals surface area contributed by atoms with E-state index in [4.69, 9.17) is 20.8 Å². The van der Waals surface area contributed by atoms with Gasteiger partial charge in [-0.1, -0.05) is 11.6 Å². The zero-order valence-corrected chi connectivity index (χ0v) is 15.4. The molecule has 0 spiro atoms. The maximum absolute atomic E-state index is 12.3. The van der Waals surface area contributed by atoms with Crippen LogP contribution in [0.2, 0.25) is 5.02 Å². The van der Waals surface area contributed by atoms with Gasteiger partial charge in [-0.3, -0.25) is 4.79 Å². The van der Waals surface area contributed by atoms with Crippen molar-refractivity contribution in [1.29, 1.82) is 0 Å². The summed E-state index contributed by atoms with van der Waals surface area (Å²) in [7, 11) is 0. The molecule has 1 aromatic carbocycles. The van der Waals surface area contributed by atoms with Crippen LogP contribution in [0.3, 0.4) is 0 Å². The minimum Gasteiger partial charge on any atom is -0.492 e. The van der Waals surface area contributed by atoms with Gasteiger partial charge in [0.15, 0.2) is 10.8 Å². The Morgan fingerprint density at radius 2 is 2.20 bits per heavy atom. The third-order valence-electron chi connectivity index (χ3n) is 3.36. The Kier molecular flexibility index (Phi) is 5.40. The van der Waals surface area contributed by atoms with Crippen molar-refractivity contribution in [2.45, 2.75) is 20.3 Å². The molecule has 0 aliphatic rings. The monoisotopic (exact) mass is 376 g/mol. The second-order valence-electron chi connectivity index (χ2n) is 5.35. The summed E-state index contributed by atoms with van der Waals surface area (Å²) in [4.78, 5) is 16.8. The highest BCUT2D eigenvalue weighted by Gasteiger charge is 2.13. The molecule has 0 unspecified atom stereocenters. The molecule has 0 aliphatic carbocycles. The first-order valence-corrected chi connectivity index (χ1v) is 9.04. The molecule has 1 amide bonds. The maximum atomic E-state index is 12.3. The second-order valence-corrected chi connectivity index (χ2v) is 6.65. The van der Waals surface area contributed by atoms with Crippen molar-refractivity contribution in [2.24, 2.45) is 0 Å². The number of carbonyl (C=O) groups excluding carboxylic acids is 1. The Morgan fingerprint density at radius 1 is 1.36 bits per heavy atom. The van der Waals surface area contributed by atoms with Gasteiger partial charge in [0.1, 0.15) is 11.5 Å². The number of ether oxygens (including phenoxy) is 1. The number of hydrogen-bond donors (Lipinski definition) is 1. The molecule has 0 saturated heterocycles. The fraction of sp³-hybridized carbons (Fsp3) is 0.222. The Hall–Kier alpha value is -2.31. The highest BCUT2D eigenvalue weighted by atomic mass is 35.5. The van der Waals surface area contributed by atoms with Crippen LogP contribution in [0.1, 0.15) is 18.4 Å². The average molecular weight is 377 g/mol. The molecular weight excluding hydrogens is 360 g/mol. The molecule has 0 saturated carbocycles. The van der Waals surface area contributed by atoms with E-state index in [-0.39, 0.29) is 12.3 Å². The molecule has 2 heterocycles. The van der Waals surface area contributed by atoms with Crippen LogP contribution in [-0.2, 0) is 11.2 Å². The minimum atomic E-state index is -0.185. The number of halogens is 1. The molecular formula is C18H17ClN2O3S. The normalized spacial score (nSPS) is 10.7. The van der Waals surface area contributed by atoms with E-state index in [1.807, 2.05) is 31.4 Å². The van der Waals surface area contributed by atoms with Gasteiger partial charge in [0, 0.05) is 10.4 Å². The molecule has 2 aromatic heterocycles. The number of anilines is 1. The molecule has 0 fully saturated rings. The average Bonchev–Trinajstić information content (AvgIpc) is 3.19. The van der Waals surface area contributed by atoms with Gasteiger partial charge in [0.25, 0.3) is 0 Å².